The predicted octanol–water partition coefficient (Wildman–Crippen LogP) is 1.34. The molecular weight excluding hydrogens is 398 g/mol. The summed E-state index contributed by atoms with van der Waals surface area (Å²) in [5.74, 6) is 1.75. The summed E-state index contributed by atoms with van der Waals surface area (Å²) in [6, 6.07) is 0.0362. The van der Waals surface area contributed by atoms with Gasteiger partial charge in [-0.1, -0.05) is 0 Å². The number of nitrogens with one attached hydrogen (secondary N) is 2. The van der Waals surface area contributed by atoms with Crippen molar-refractivity contribution >= 4 is 12.1 Å². The smallest absolute Gasteiger partial charge is 0.407 e. The van der Waals surface area contributed by atoms with Crippen LogP contribution in [0.25, 0.3) is 0 Å². The molecule has 10 nitrogen and oxygen atoms in total. The van der Waals surface area contributed by atoms with Crippen LogP contribution in [0.1, 0.15) is 59.2 Å². The standard InChI is InChI=1S/C21H37N7O3/c1-5-22-18(26-14-10-16(15-26)24-19(29)31-21(2,3)4)23-11-8-13-28-20(30)27-12-7-6-9-17(27)25-28/h16H,5-15H2,1-4H3,(H,22,23)(H,24,29). The summed E-state index contributed by atoms with van der Waals surface area (Å²) in [6.45, 7) is 11.9. The first-order chi connectivity index (χ1) is 14.8. The molecule has 1 aromatic heterocycles. The summed E-state index contributed by atoms with van der Waals surface area (Å²) in [5, 5.41) is 10.8. The summed E-state index contributed by atoms with van der Waals surface area (Å²) >= 11 is 0. The normalized spacial score (nSPS) is 19.3. The third-order valence-corrected chi connectivity index (χ3v) is 5.36. The van der Waals surface area contributed by atoms with E-state index in [9.17, 15) is 9.59 Å². The number of likely N-dealkylation sites (tertiary alicyclic amines) is 1. The molecule has 10 heteroatoms. The summed E-state index contributed by atoms with van der Waals surface area (Å²) in [5.41, 5.74) is -0.504. The van der Waals surface area contributed by atoms with Gasteiger partial charge in [0.2, 0.25) is 0 Å². The van der Waals surface area contributed by atoms with Gasteiger partial charge in [-0.15, -0.1) is 0 Å². The van der Waals surface area contributed by atoms with Crippen LogP contribution in [0.2, 0.25) is 0 Å². The highest BCUT2D eigenvalue weighted by Gasteiger charge is 2.27. The Morgan fingerprint density at radius 3 is 2.81 bits per heavy atom. The zero-order valence-corrected chi connectivity index (χ0v) is 19.3. The van der Waals surface area contributed by atoms with Crippen molar-refractivity contribution < 1.29 is 9.53 Å². The number of carbonyl (C=O) groups excluding carboxylic acids is 1. The Labute approximate surface area is 184 Å². The molecule has 1 atom stereocenters. The van der Waals surface area contributed by atoms with Crippen LogP contribution in [0.4, 0.5) is 4.79 Å². The van der Waals surface area contributed by atoms with Crippen LogP contribution in [0.5, 0.6) is 0 Å². The van der Waals surface area contributed by atoms with Crippen LogP contribution < -0.4 is 16.3 Å². The number of amides is 1. The summed E-state index contributed by atoms with van der Waals surface area (Å²) in [7, 11) is 0. The van der Waals surface area contributed by atoms with Crippen molar-refractivity contribution in [3.8, 4) is 0 Å². The lowest BCUT2D eigenvalue weighted by molar-refractivity contribution is 0.0507. The molecule has 1 aromatic rings. The maximum atomic E-state index is 12.4. The Morgan fingerprint density at radius 1 is 1.29 bits per heavy atom. The van der Waals surface area contributed by atoms with E-state index in [4.69, 9.17) is 9.73 Å². The number of carbonyl (C=O) groups is 1. The first-order valence-corrected chi connectivity index (χ1v) is 11.5. The lowest BCUT2D eigenvalue weighted by atomic mass is 10.2. The number of hydrogen-bond acceptors (Lipinski definition) is 5. The average molecular weight is 436 g/mol. The van der Waals surface area contributed by atoms with Crippen LogP contribution in [0, 0.1) is 0 Å². The van der Waals surface area contributed by atoms with E-state index in [-0.39, 0.29) is 17.8 Å². The quantitative estimate of drug-likeness (QED) is 0.397. The van der Waals surface area contributed by atoms with Crippen LogP contribution in [0.15, 0.2) is 9.79 Å². The van der Waals surface area contributed by atoms with Gasteiger partial charge in [0.1, 0.15) is 11.4 Å². The van der Waals surface area contributed by atoms with Gasteiger partial charge in [-0.05, 0) is 53.4 Å². The molecular formula is C21H37N7O3. The lowest BCUT2D eigenvalue weighted by Gasteiger charge is -2.23. The van der Waals surface area contributed by atoms with Crippen molar-refractivity contribution in [2.75, 3.05) is 26.2 Å². The van der Waals surface area contributed by atoms with Crippen molar-refractivity contribution in [1.29, 1.82) is 0 Å². The third kappa shape index (κ3) is 6.48. The molecule has 0 saturated carbocycles. The second-order valence-corrected chi connectivity index (χ2v) is 9.20. The zero-order valence-electron chi connectivity index (χ0n) is 19.3. The molecule has 0 spiro atoms. The highest BCUT2D eigenvalue weighted by molar-refractivity contribution is 5.80. The Kier molecular flexibility index (Phi) is 7.61. The van der Waals surface area contributed by atoms with Crippen molar-refractivity contribution in [1.82, 2.24) is 29.9 Å². The fraction of sp³-hybridized carbons (Fsp3) is 0.810. The van der Waals surface area contributed by atoms with Crippen LogP contribution >= 0.6 is 0 Å². The van der Waals surface area contributed by atoms with E-state index in [0.29, 0.717) is 19.6 Å². The molecule has 174 valence electrons. The van der Waals surface area contributed by atoms with Crippen molar-refractivity contribution in [3.05, 3.63) is 16.3 Å². The molecule has 1 fully saturated rings. The van der Waals surface area contributed by atoms with Gasteiger partial charge < -0.3 is 20.3 Å². The molecule has 1 saturated heterocycles. The van der Waals surface area contributed by atoms with Crippen molar-refractivity contribution in [3.63, 3.8) is 0 Å². The summed E-state index contributed by atoms with van der Waals surface area (Å²) in [6.07, 6.45) is 4.26. The molecule has 2 aliphatic rings. The van der Waals surface area contributed by atoms with Gasteiger partial charge >= 0.3 is 11.8 Å². The third-order valence-electron chi connectivity index (χ3n) is 5.36. The van der Waals surface area contributed by atoms with Gasteiger partial charge in [-0.3, -0.25) is 9.56 Å². The van der Waals surface area contributed by atoms with E-state index in [1.807, 2.05) is 27.7 Å². The topological polar surface area (TPSA) is 106 Å². The maximum Gasteiger partial charge on any atom is 0.407 e. The summed E-state index contributed by atoms with van der Waals surface area (Å²) in [4.78, 5) is 31.3. The Morgan fingerprint density at radius 2 is 2.10 bits per heavy atom. The van der Waals surface area contributed by atoms with Gasteiger partial charge in [-0.25, -0.2) is 14.3 Å². The highest BCUT2D eigenvalue weighted by Crippen LogP contribution is 2.12. The lowest BCUT2D eigenvalue weighted by Crippen LogP contribution is -2.44. The maximum absolute atomic E-state index is 12.4. The number of aryl methyl sites for hydroxylation is 2. The van der Waals surface area contributed by atoms with E-state index in [2.05, 4.69) is 20.6 Å². The van der Waals surface area contributed by atoms with Gasteiger partial charge in [0.25, 0.3) is 0 Å². The first kappa shape index (κ1) is 23.1. The molecule has 2 N–H and O–H groups in total. The molecule has 0 aliphatic carbocycles. The second-order valence-electron chi connectivity index (χ2n) is 9.20. The Bertz CT molecular complexity index is 837. The van der Waals surface area contributed by atoms with Gasteiger partial charge in [0.15, 0.2) is 5.96 Å². The van der Waals surface area contributed by atoms with E-state index < -0.39 is 5.60 Å². The molecule has 0 aromatic carbocycles. The SMILES string of the molecule is CCNC(=NCCCn1nc2n(c1=O)CCCC2)N1CCC(NC(=O)OC(C)(C)C)C1. The average Bonchev–Trinajstić information content (AvgIpc) is 3.28. The molecule has 3 heterocycles. The van der Waals surface area contributed by atoms with Crippen molar-refractivity contribution in [2.45, 2.75) is 84.5 Å². The van der Waals surface area contributed by atoms with Crippen LogP contribution in [-0.2, 0) is 24.2 Å². The number of aromatic nitrogens is 3. The number of ether oxygens (including phenoxy) is 1. The minimum absolute atomic E-state index is 0.00110. The van der Waals surface area contributed by atoms with Crippen molar-refractivity contribution in [2.24, 2.45) is 4.99 Å². The Balaban J connectivity index is 1.49. The first-order valence-electron chi connectivity index (χ1n) is 11.5. The van der Waals surface area contributed by atoms with E-state index in [1.165, 1.54) is 0 Å². The van der Waals surface area contributed by atoms with Gasteiger partial charge in [0.05, 0.1) is 6.04 Å². The number of nitrogens with zero attached hydrogens (tertiary/aromatic N) is 5. The van der Waals surface area contributed by atoms with E-state index in [1.54, 1.807) is 9.25 Å². The number of aliphatic imine (C=N–C) groups is 1. The predicted molar refractivity (Wildman–Crippen MR) is 119 cm³/mol. The van der Waals surface area contributed by atoms with Gasteiger partial charge in [-0.2, -0.15) is 5.10 Å². The van der Waals surface area contributed by atoms with Crippen LogP contribution in [0.3, 0.4) is 0 Å². The fourth-order valence-electron chi connectivity index (χ4n) is 3.97. The molecule has 3 rings (SSSR count). The minimum atomic E-state index is -0.505. The minimum Gasteiger partial charge on any atom is -0.444 e. The Hall–Kier alpha value is -2.52. The fourth-order valence-corrected chi connectivity index (χ4v) is 3.97. The molecule has 31 heavy (non-hydrogen) atoms. The molecule has 2 aliphatic heterocycles. The largest absolute Gasteiger partial charge is 0.444 e. The zero-order chi connectivity index (χ0) is 22.4. The summed E-state index contributed by atoms with van der Waals surface area (Å²) < 4.78 is 8.74. The number of fused-ring (bicyclic) bond motifs is 1. The number of hydrogen-bond donors (Lipinski definition) is 2. The molecule has 0 radical (unpaired) electrons. The van der Waals surface area contributed by atoms with Crippen LogP contribution in [-0.4, -0.2) is 69.1 Å². The second kappa shape index (κ2) is 10.2. The molecule has 1 amide bonds. The highest BCUT2D eigenvalue weighted by atomic mass is 16.6. The molecule has 0 bridgehead atoms. The monoisotopic (exact) mass is 435 g/mol. The van der Waals surface area contributed by atoms with E-state index >= 15 is 0 Å². The number of alkyl carbamates (subject to hydrolysis) is 1. The van der Waals surface area contributed by atoms with E-state index in [0.717, 1.165) is 63.5 Å². The van der Waals surface area contributed by atoms with Gasteiger partial charge in [0, 0.05) is 45.7 Å². The number of rotatable bonds is 6. The number of guanidine groups is 1. The molecule has 1 unspecified atom stereocenters.